The van der Waals surface area contributed by atoms with Crippen LogP contribution in [0.3, 0.4) is 0 Å². The van der Waals surface area contributed by atoms with Crippen LogP contribution in [-0.4, -0.2) is 192 Å². The number of amides is 8. The Bertz CT molecular complexity index is 2000. The maximum absolute atomic E-state index is 14.0. The molecule has 0 aromatic carbocycles. The van der Waals surface area contributed by atoms with Gasteiger partial charge in [0, 0.05) is 65.4 Å². The second-order valence-corrected chi connectivity index (χ2v) is 24.7. The highest BCUT2D eigenvalue weighted by Crippen LogP contribution is 2.31. The summed E-state index contributed by atoms with van der Waals surface area (Å²) >= 11 is 0. The Morgan fingerprint density at radius 2 is 0.583 bits per heavy atom. The Balaban J connectivity index is 1.49. The van der Waals surface area contributed by atoms with Gasteiger partial charge in [-0.2, -0.15) is 15.0 Å². The van der Waals surface area contributed by atoms with E-state index in [0.29, 0.717) is 0 Å². The van der Waals surface area contributed by atoms with Crippen molar-refractivity contribution < 1.29 is 38.4 Å². The van der Waals surface area contributed by atoms with Gasteiger partial charge in [0.15, 0.2) is 0 Å². The van der Waals surface area contributed by atoms with Gasteiger partial charge in [0.25, 0.3) is 0 Å². The van der Waals surface area contributed by atoms with E-state index in [1.807, 2.05) is 11.9 Å². The minimum Gasteiger partial charge on any atom is -0.341 e. The van der Waals surface area contributed by atoms with E-state index in [9.17, 15) is 38.4 Å². The minimum absolute atomic E-state index is 0.0250. The molecule has 0 atom stereocenters. The molecule has 22 heteroatoms. The predicted octanol–water partition coefficient (Wildman–Crippen LogP) is 1.32. The van der Waals surface area contributed by atoms with Crippen molar-refractivity contribution in [2.24, 2.45) is 0 Å². The lowest BCUT2D eigenvalue weighted by Crippen LogP contribution is -2.73. The molecule has 4 saturated heterocycles. The van der Waals surface area contributed by atoms with E-state index < -0.39 is 91.6 Å². The fourth-order valence-corrected chi connectivity index (χ4v) is 11.4. The van der Waals surface area contributed by atoms with Crippen molar-refractivity contribution in [3.63, 3.8) is 0 Å². The average Bonchev–Trinajstić information content (AvgIpc) is 3.26. The van der Waals surface area contributed by atoms with E-state index in [1.54, 1.807) is 121 Å². The van der Waals surface area contributed by atoms with Gasteiger partial charge in [-0.25, -0.2) is 0 Å². The average molecular weight is 1010 g/mol. The molecule has 6 rings (SSSR count). The second-order valence-electron chi connectivity index (χ2n) is 24.7. The summed E-state index contributed by atoms with van der Waals surface area (Å²) in [4.78, 5) is 138. The number of aromatic nitrogens is 3. The van der Waals surface area contributed by atoms with Gasteiger partial charge in [0.05, 0.1) is 44.3 Å². The Labute approximate surface area is 425 Å². The van der Waals surface area contributed by atoms with Gasteiger partial charge in [-0.05, 0) is 124 Å². The van der Waals surface area contributed by atoms with Crippen molar-refractivity contribution in [3.05, 3.63) is 0 Å². The summed E-state index contributed by atoms with van der Waals surface area (Å²) in [6, 6.07) is 0.0472. The number of nitrogens with zero attached hydrogens (tertiary/aromatic N) is 10. The van der Waals surface area contributed by atoms with Crippen molar-refractivity contribution in [2.45, 2.75) is 193 Å². The molecule has 5 fully saturated rings. The van der Waals surface area contributed by atoms with Crippen LogP contribution in [0.4, 0.5) is 17.8 Å². The highest BCUT2D eigenvalue weighted by Gasteiger charge is 2.53. The zero-order valence-electron chi connectivity index (χ0n) is 46.0. The molecule has 22 nitrogen and oxygen atoms in total. The second kappa shape index (κ2) is 19.3. The topological polar surface area (TPSA) is 246 Å². The van der Waals surface area contributed by atoms with Gasteiger partial charge in [-0.15, -0.1) is 0 Å². The third-order valence-corrected chi connectivity index (χ3v) is 14.7. The molecule has 0 bridgehead atoms. The molecular weight excluding hydrogens is 925 g/mol. The molecule has 0 spiro atoms. The van der Waals surface area contributed by atoms with Crippen LogP contribution in [0.25, 0.3) is 0 Å². The SMILES string of the molecule is CN(c1nc(N(CCN2C(=O)C(C)(C)NC(C)(C)C2=O)CCN2C(=O)C(C)(C)NC(C)(C)C2=O)nc(N(CCN2C(=O)C(C)(C)NC(C)(C)C2=O)CCN2C(=O)C(C)(C)NC(C)(C)C2=O)n1)C1CCCCC1. The first-order chi connectivity index (χ1) is 32.9. The summed E-state index contributed by atoms with van der Waals surface area (Å²) in [5.41, 5.74) is -8.74. The van der Waals surface area contributed by atoms with E-state index in [-0.39, 0.29) is 76.2 Å². The molecule has 400 valence electrons. The molecule has 4 aliphatic heterocycles. The van der Waals surface area contributed by atoms with Crippen LogP contribution in [0, 0.1) is 0 Å². The molecule has 1 aliphatic carbocycles. The monoisotopic (exact) mass is 1010 g/mol. The van der Waals surface area contributed by atoms with Gasteiger partial charge in [-0.1, -0.05) is 19.3 Å². The van der Waals surface area contributed by atoms with Crippen LogP contribution >= 0.6 is 0 Å². The molecule has 1 saturated carbocycles. The van der Waals surface area contributed by atoms with Crippen molar-refractivity contribution in [1.29, 1.82) is 0 Å². The molecule has 0 radical (unpaired) electrons. The first kappa shape index (κ1) is 56.1. The number of piperazine rings is 4. The van der Waals surface area contributed by atoms with Gasteiger partial charge in [0.2, 0.25) is 65.1 Å². The summed E-state index contributed by atoms with van der Waals surface area (Å²) in [6.45, 7) is 26.9. The molecule has 1 aromatic heterocycles. The molecule has 8 amide bonds. The van der Waals surface area contributed by atoms with E-state index in [1.165, 1.54) is 19.6 Å². The summed E-state index contributed by atoms with van der Waals surface area (Å²) in [5, 5.41) is 12.6. The summed E-state index contributed by atoms with van der Waals surface area (Å²) in [6.07, 6.45) is 4.82. The smallest absolute Gasteiger partial charge is 0.249 e. The van der Waals surface area contributed by atoms with Crippen LogP contribution in [0.1, 0.15) is 143 Å². The van der Waals surface area contributed by atoms with Gasteiger partial charge in [-0.3, -0.25) is 79.2 Å². The molecule has 72 heavy (non-hydrogen) atoms. The summed E-state index contributed by atoms with van der Waals surface area (Å²) < 4.78 is 0. The number of hydrogen-bond acceptors (Lipinski definition) is 18. The fourth-order valence-electron chi connectivity index (χ4n) is 11.4. The molecule has 4 N–H and O–H groups in total. The number of imide groups is 4. The number of hydrogen-bond donors (Lipinski definition) is 4. The lowest BCUT2D eigenvalue weighted by atomic mass is 9.89. The lowest BCUT2D eigenvalue weighted by Gasteiger charge is -2.46. The quantitative estimate of drug-likeness (QED) is 0.171. The van der Waals surface area contributed by atoms with E-state index in [0.717, 1.165) is 32.1 Å². The Hall–Kier alpha value is -5.19. The standard InChI is InChI=1S/C50H82N14O8/c1-43(2)32(65)61(33(66)44(3,4)54-43)27-23-59(24-28-62-34(67)45(5,6)55-46(7,8)35(62)68)41-51-40(58(17)31-21-19-18-20-22-31)52-42(53-41)60(25-29-63-36(69)47(9,10)56-48(11,12)37(63)70)26-30-64-38(71)49(13,14)57-50(15,16)39(64)72/h31,54-57H,18-30H2,1-17H3. The Morgan fingerprint density at radius 1 is 0.375 bits per heavy atom. The van der Waals surface area contributed by atoms with Crippen LogP contribution in [0.15, 0.2) is 0 Å². The number of carbonyl (C=O) groups is 8. The Morgan fingerprint density at radius 3 is 0.806 bits per heavy atom. The largest absolute Gasteiger partial charge is 0.341 e. The minimum atomic E-state index is -1.09. The van der Waals surface area contributed by atoms with E-state index in [2.05, 4.69) is 21.3 Å². The van der Waals surface area contributed by atoms with Crippen LogP contribution in [0.5, 0.6) is 0 Å². The molecule has 5 heterocycles. The van der Waals surface area contributed by atoms with Gasteiger partial charge < -0.3 is 14.7 Å². The van der Waals surface area contributed by atoms with Crippen molar-refractivity contribution in [3.8, 4) is 0 Å². The molecule has 1 aromatic rings. The normalized spacial score (nSPS) is 24.5. The highest BCUT2D eigenvalue weighted by molar-refractivity contribution is 6.08. The third kappa shape index (κ3) is 11.0. The van der Waals surface area contributed by atoms with E-state index in [4.69, 9.17) is 15.0 Å². The predicted molar refractivity (Wildman–Crippen MR) is 272 cm³/mol. The highest BCUT2D eigenvalue weighted by atomic mass is 16.2. The third-order valence-electron chi connectivity index (χ3n) is 14.7. The van der Waals surface area contributed by atoms with Crippen LogP contribution < -0.4 is 36.0 Å². The van der Waals surface area contributed by atoms with Crippen LogP contribution in [-0.2, 0) is 38.4 Å². The lowest BCUT2D eigenvalue weighted by molar-refractivity contribution is -0.160. The molecular formula is C50H82N14O8. The number of nitrogens with one attached hydrogen (secondary N) is 4. The molecule has 0 unspecified atom stereocenters. The first-order valence-electron chi connectivity index (χ1n) is 25.5. The zero-order valence-corrected chi connectivity index (χ0v) is 46.0. The fraction of sp³-hybridized carbons (Fsp3) is 0.780. The number of anilines is 3. The van der Waals surface area contributed by atoms with Crippen molar-refractivity contribution in [2.75, 3.05) is 74.1 Å². The van der Waals surface area contributed by atoms with Crippen molar-refractivity contribution >= 4 is 65.1 Å². The molecule has 5 aliphatic rings. The zero-order chi connectivity index (χ0) is 54.1. The number of carbonyl (C=O) groups excluding carboxylic acids is 8. The maximum Gasteiger partial charge on any atom is 0.249 e. The van der Waals surface area contributed by atoms with Gasteiger partial charge >= 0.3 is 0 Å². The van der Waals surface area contributed by atoms with Gasteiger partial charge in [0.1, 0.15) is 0 Å². The Kier molecular flexibility index (Phi) is 15.0. The maximum atomic E-state index is 14.0. The van der Waals surface area contributed by atoms with Crippen molar-refractivity contribution in [1.82, 2.24) is 55.8 Å². The summed E-state index contributed by atoms with van der Waals surface area (Å²) in [5.74, 6) is -3.02. The first-order valence-corrected chi connectivity index (χ1v) is 25.5. The summed E-state index contributed by atoms with van der Waals surface area (Å²) in [7, 11) is 1.91. The van der Waals surface area contributed by atoms with E-state index >= 15 is 0 Å². The number of rotatable bonds is 16. The van der Waals surface area contributed by atoms with Crippen LogP contribution in [0.2, 0.25) is 0 Å².